The molecule has 166 valence electrons. The van der Waals surface area contributed by atoms with Crippen LogP contribution in [0.1, 0.15) is 31.2 Å². The molecule has 1 aliphatic heterocycles. The van der Waals surface area contributed by atoms with E-state index < -0.39 is 0 Å². The van der Waals surface area contributed by atoms with E-state index in [0.29, 0.717) is 25.0 Å². The Morgan fingerprint density at radius 2 is 1.73 bits per heavy atom. The Bertz CT molecular complexity index is 677. The highest BCUT2D eigenvalue weighted by Crippen LogP contribution is 2.26. The summed E-state index contributed by atoms with van der Waals surface area (Å²) in [5, 5.41) is 6.65. The second-order valence-electron chi connectivity index (χ2n) is 8.24. The number of rotatable bonds is 8. The van der Waals surface area contributed by atoms with Gasteiger partial charge in [0.2, 0.25) is 5.91 Å². The number of aryl methyl sites for hydroxylation is 1. The molecule has 0 bridgehead atoms. The van der Waals surface area contributed by atoms with Crippen molar-refractivity contribution in [2.45, 2.75) is 32.6 Å². The lowest BCUT2D eigenvalue weighted by atomic mass is 10.1. The van der Waals surface area contributed by atoms with E-state index in [4.69, 9.17) is 4.74 Å². The van der Waals surface area contributed by atoms with Crippen LogP contribution >= 0.6 is 0 Å². The van der Waals surface area contributed by atoms with Gasteiger partial charge in [0.1, 0.15) is 12.4 Å². The third-order valence-electron chi connectivity index (χ3n) is 6.02. The lowest BCUT2D eigenvalue weighted by Gasteiger charge is -2.36. The number of benzene rings is 1. The van der Waals surface area contributed by atoms with Gasteiger partial charge in [0, 0.05) is 52.2 Å². The average Bonchev–Trinajstić information content (AvgIpc) is 3.31. The second kappa shape index (κ2) is 11.8. The first-order chi connectivity index (χ1) is 14.7. The topological polar surface area (TPSA) is 69.2 Å². The normalized spacial score (nSPS) is 18.5. The van der Waals surface area contributed by atoms with Gasteiger partial charge in [-0.25, -0.2) is 0 Å². The predicted octanol–water partition coefficient (Wildman–Crippen LogP) is 1.87. The fourth-order valence-electron chi connectivity index (χ4n) is 4.15. The van der Waals surface area contributed by atoms with E-state index in [2.05, 4.69) is 32.3 Å². The van der Waals surface area contributed by atoms with Crippen LogP contribution in [0.2, 0.25) is 0 Å². The number of carbonyl (C=O) groups is 1. The summed E-state index contributed by atoms with van der Waals surface area (Å²) in [7, 11) is 1.78. The number of hydrogen-bond donors (Lipinski definition) is 2. The molecule has 1 amide bonds. The molecule has 0 radical (unpaired) electrons. The van der Waals surface area contributed by atoms with E-state index in [9.17, 15) is 4.79 Å². The number of ether oxygens (including phenoxy) is 1. The first kappa shape index (κ1) is 22.4. The van der Waals surface area contributed by atoms with E-state index in [1.54, 1.807) is 7.05 Å². The SMILES string of the molecule is CN=C(NCCOc1ccc(C)cc1)NCCN1CCN(C(=O)C2CCCC2)CC1. The fourth-order valence-corrected chi connectivity index (χ4v) is 4.15. The maximum Gasteiger partial charge on any atom is 0.225 e. The summed E-state index contributed by atoms with van der Waals surface area (Å²) in [5.41, 5.74) is 1.23. The number of piperazine rings is 1. The first-order valence-electron chi connectivity index (χ1n) is 11.3. The lowest BCUT2D eigenvalue weighted by Crippen LogP contribution is -2.52. The van der Waals surface area contributed by atoms with Crippen LogP contribution in [0.5, 0.6) is 5.75 Å². The fraction of sp³-hybridized carbons (Fsp3) is 0.652. The summed E-state index contributed by atoms with van der Waals surface area (Å²) in [6.45, 7) is 8.75. The number of aliphatic imine (C=N–C) groups is 1. The highest BCUT2D eigenvalue weighted by molar-refractivity contribution is 5.79. The summed E-state index contributed by atoms with van der Waals surface area (Å²) >= 11 is 0. The van der Waals surface area contributed by atoms with Gasteiger partial charge in [-0.15, -0.1) is 0 Å². The molecule has 2 fully saturated rings. The minimum atomic E-state index is 0.294. The molecule has 1 saturated carbocycles. The first-order valence-corrected chi connectivity index (χ1v) is 11.3. The van der Waals surface area contributed by atoms with Crippen LogP contribution in [0.25, 0.3) is 0 Å². The minimum absolute atomic E-state index is 0.294. The third-order valence-corrected chi connectivity index (χ3v) is 6.02. The van der Waals surface area contributed by atoms with E-state index in [0.717, 1.165) is 63.8 Å². The molecule has 2 N–H and O–H groups in total. The van der Waals surface area contributed by atoms with Crippen LogP contribution in [0, 0.1) is 12.8 Å². The molecule has 7 heteroatoms. The van der Waals surface area contributed by atoms with Crippen molar-refractivity contribution in [3.8, 4) is 5.75 Å². The quantitative estimate of drug-likeness (QED) is 0.385. The van der Waals surface area contributed by atoms with Crippen molar-refractivity contribution in [1.29, 1.82) is 0 Å². The average molecular weight is 416 g/mol. The maximum atomic E-state index is 12.5. The molecule has 3 rings (SSSR count). The molecule has 0 spiro atoms. The van der Waals surface area contributed by atoms with Crippen LogP contribution in [-0.4, -0.2) is 81.1 Å². The number of guanidine groups is 1. The summed E-state index contributed by atoms with van der Waals surface area (Å²) in [6, 6.07) is 8.08. The van der Waals surface area contributed by atoms with Crippen LogP contribution in [0.3, 0.4) is 0 Å². The van der Waals surface area contributed by atoms with Gasteiger partial charge < -0.3 is 20.3 Å². The zero-order valence-electron chi connectivity index (χ0n) is 18.5. The van der Waals surface area contributed by atoms with E-state index >= 15 is 0 Å². The molecular formula is C23H37N5O2. The van der Waals surface area contributed by atoms with Gasteiger partial charge in [0.25, 0.3) is 0 Å². The molecular weight excluding hydrogens is 378 g/mol. The summed E-state index contributed by atoms with van der Waals surface area (Å²) in [6.07, 6.45) is 4.61. The van der Waals surface area contributed by atoms with Crippen LogP contribution in [0.15, 0.2) is 29.3 Å². The van der Waals surface area contributed by atoms with Crippen molar-refractivity contribution in [1.82, 2.24) is 20.4 Å². The van der Waals surface area contributed by atoms with Crippen molar-refractivity contribution in [3.05, 3.63) is 29.8 Å². The summed E-state index contributed by atoms with van der Waals surface area (Å²) in [5.74, 6) is 2.36. The summed E-state index contributed by atoms with van der Waals surface area (Å²) < 4.78 is 5.74. The molecule has 1 heterocycles. The number of amides is 1. The third kappa shape index (κ3) is 6.90. The molecule has 2 aliphatic rings. The Morgan fingerprint density at radius 1 is 1.07 bits per heavy atom. The van der Waals surface area contributed by atoms with Crippen molar-refractivity contribution in [2.24, 2.45) is 10.9 Å². The number of nitrogens with one attached hydrogen (secondary N) is 2. The lowest BCUT2D eigenvalue weighted by molar-refractivity contribution is -0.137. The van der Waals surface area contributed by atoms with Gasteiger partial charge in [-0.2, -0.15) is 0 Å². The van der Waals surface area contributed by atoms with Crippen LogP contribution in [0.4, 0.5) is 0 Å². The van der Waals surface area contributed by atoms with E-state index in [1.807, 2.05) is 24.3 Å². The van der Waals surface area contributed by atoms with Crippen molar-refractivity contribution < 1.29 is 9.53 Å². The smallest absolute Gasteiger partial charge is 0.225 e. The zero-order valence-corrected chi connectivity index (χ0v) is 18.5. The van der Waals surface area contributed by atoms with E-state index in [1.165, 1.54) is 18.4 Å². The molecule has 30 heavy (non-hydrogen) atoms. The molecule has 7 nitrogen and oxygen atoms in total. The highest BCUT2D eigenvalue weighted by Gasteiger charge is 2.29. The second-order valence-corrected chi connectivity index (χ2v) is 8.24. The molecule has 0 atom stereocenters. The van der Waals surface area contributed by atoms with Gasteiger partial charge >= 0.3 is 0 Å². The Hall–Kier alpha value is -2.28. The van der Waals surface area contributed by atoms with Crippen molar-refractivity contribution >= 4 is 11.9 Å². The van der Waals surface area contributed by atoms with Gasteiger partial charge in [-0.1, -0.05) is 30.5 Å². The Labute approximate surface area is 180 Å². The highest BCUT2D eigenvalue weighted by atomic mass is 16.5. The van der Waals surface area contributed by atoms with Crippen LogP contribution in [-0.2, 0) is 4.79 Å². The molecule has 0 unspecified atom stereocenters. The molecule has 1 aliphatic carbocycles. The summed E-state index contributed by atoms with van der Waals surface area (Å²) in [4.78, 5) is 21.3. The van der Waals surface area contributed by atoms with Gasteiger partial charge in [-0.05, 0) is 31.9 Å². The standard InChI is InChI=1S/C23H37N5O2/c1-19-7-9-21(10-8-19)30-18-12-26-23(24-2)25-11-13-27-14-16-28(17-15-27)22(29)20-5-3-4-6-20/h7-10,20H,3-6,11-18H2,1-2H3,(H2,24,25,26). The zero-order chi connectivity index (χ0) is 21.2. The number of nitrogens with zero attached hydrogens (tertiary/aromatic N) is 3. The molecule has 1 aromatic rings. The molecule has 1 saturated heterocycles. The Balaban J connectivity index is 1.26. The van der Waals surface area contributed by atoms with Gasteiger partial charge in [0.15, 0.2) is 5.96 Å². The van der Waals surface area contributed by atoms with Gasteiger partial charge in [-0.3, -0.25) is 14.7 Å². The Morgan fingerprint density at radius 3 is 2.40 bits per heavy atom. The minimum Gasteiger partial charge on any atom is -0.492 e. The Kier molecular flexibility index (Phi) is 8.81. The monoisotopic (exact) mass is 415 g/mol. The predicted molar refractivity (Wildman–Crippen MR) is 121 cm³/mol. The number of carbonyl (C=O) groups excluding carboxylic acids is 1. The van der Waals surface area contributed by atoms with Crippen LogP contribution < -0.4 is 15.4 Å². The molecule has 1 aromatic carbocycles. The van der Waals surface area contributed by atoms with Crippen molar-refractivity contribution in [2.75, 3.05) is 59.5 Å². The molecule has 0 aromatic heterocycles. The number of hydrogen-bond acceptors (Lipinski definition) is 4. The maximum absolute atomic E-state index is 12.5. The largest absolute Gasteiger partial charge is 0.492 e. The van der Waals surface area contributed by atoms with Gasteiger partial charge in [0.05, 0.1) is 6.54 Å². The van der Waals surface area contributed by atoms with Crippen molar-refractivity contribution in [3.63, 3.8) is 0 Å². The van der Waals surface area contributed by atoms with E-state index in [-0.39, 0.29) is 0 Å².